The summed E-state index contributed by atoms with van der Waals surface area (Å²) >= 11 is 0. The number of hydrogen-bond acceptors (Lipinski definition) is 1. The van der Waals surface area contributed by atoms with E-state index in [0.717, 1.165) is 37.0 Å². The monoisotopic (exact) mass is 434 g/mol. The zero-order valence-corrected chi connectivity index (χ0v) is 21.7. The summed E-state index contributed by atoms with van der Waals surface area (Å²) in [5, 5.41) is 0. The molecule has 0 N–H and O–H groups in total. The fourth-order valence-corrected chi connectivity index (χ4v) is 8.32. The minimum atomic E-state index is -1.18. The van der Waals surface area contributed by atoms with E-state index in [1.165, 1.54) is 50.5 Å². The first-order valence-corrected chi connectivity index (χ1v) is 13.6. The third kappa shape index (κ3) is 4.84. The molecule has 180 valence electrons. The molecule has 0 aliphatic heterocycles. The Bertz CT molecular complexity index is 612. The quantitative estimate of drug-likeness (QED) is 0.403. The maximum absolute atomic E-state index is 14.8. The van der Waals surface area contributed by atoms with Crippen LogP contribution in [0.1, 0.15) is 119 Å². The van der Waals surface area contributed by atoms with Crippen molar-refractivity contribution in [1.29, 1.82) is 0 Å². The molecule has 0 aromatic heterocycles. The van der Waals surface area contributed by atoms with Crippen LogP contribution in [0.25, 0.3) is 0 Å². The molecule has 0 heterocycles. The molecule has 0 aromatic rings. The summed E-state index contributed by atoms with van der Waals surface area (Å²) in [5.74, 6) is 3.01. The van der Waals surface area contributed by atoms with E-state index < -0.39 is 6.17 Å². The van der Waals surface area contributed by atoms with Crippen molar-refractivity contribution in [2.75, 3.05) is 0 Å². The highest BCUT2D eigenvalue weighted by molar-refractivity contribution is 5.84. The third-order valence-corrected chi connectivity index (χ3v) is 9.87. The van der Waals surface area contributed by atoms with E-state index in [-0.39, 0.29) is 17.1 Å². The number of carbonyl (C=O) groups excluding carboxylic acids is 1. The Balaban J connectivity index is 0.000000807. The number of halogens is 1. The Kier molecular flexibility index (Phi) is 9.41. The van der Waals surface area contributed by atoms with E-state index in [9.17, 15) is 9.18 Å². The van der Waals surface area contributed by atoms with Crippen LogP contribution in [0.3, 0.4) is 0 Å². The van der Waals surface area contributed by atoms with Crippen molar-refractivity contribution < 1.29 is 9.18 Å². The van der Waals surface area contributed by atoms with Gasteiger partial charge in [0.1, 0.15) is 0 Å². The van der Waals surface area contributed by atoms with Crippen LogP contribution in [0.15, 0.2) is 12.2 Å². The van der Waals surface area contributed by atoms with Gasteiger partial charge >= 0.3 is 0 Å². The van der Waals surface area contributed by atoms with E-state index in [1.807, 2.05) is 27.7 Å². The lowest BCUT2D eigenvalue weighted by atomic mass is 9.44. The largest absolute Gasteiger partial charge is 0.296 e. The molecule has 8 atom stereocenters. The molecule has 4 rings (SSSR count). The van der Waals surface area contributed by atoms with Gasteiger partial charge in [0.15, 0.2) is 12.0 Å². The summed E-state index contributed by atoms with van der Waals surface area (Å²) in [6.45, 7) is 19.2. The van der Waals surface area contributed by atoms with Crippen molar-refractivity contribution in [2.45, 2.75) is 125 Å². The van der Waals surface area contributed by atoms with E-state index in [1.54, 1.807) is 0 Å². The van der Waals surface area contributed by atoms with E-state index >= 15 is 0 Å². The summed E-state index contributed by atoms with van der Waals surface area (Å²) in [7, 11) is 0. The number of hydrogen-bond donors (Lipinski definition) is 0. The number of Topliss-reactive ketones (excluding diaryl/α,β-unsaturated/α-hetero) is 1. The van der Waals surface area contributed by atoms with Gasteiger partial charge in [0, 0.05) is 12.3 Å². The van der Waals surface area contributed by atoms with Gasteiger partial charge in [-0.05, 0) is 106 Å². The SMILES string of the molecule is C=C(C)CCCC1CCC2C3CCC4C(F)C(=O)CCC4(C)C3CCC12C.CC.CC. The second kappa shape index (κ2) is 11.0. The van der Waals surface area contributed by atoms with Crippen LogP contribution < -0.4 is 0 Å². The van der Waals surface area contributed by atoms with Crippen LogP contribution in [0.4, 0.5) is 4.39 Å². The van der Waals surface area contributed by atoms with Gasteiger partial charge in [-0.15, -0.1) is 6.58 Å². The summed E-state index contributed by atoms with van der Waals surface area (Å²) < 4.78 is 14.8. The second-order valence-corrected chi connectivity index (χ2v) is 11.1. The van der Waals surface area contributed by atoms with Gasteiger partial charge < -0.3 is 0 Å². The fraction of sp³-hybridized carbons (Fsp3) is 0.897. The Hall–Kier alpha value is -0.660. The highest BCUT2D eigenvalue weighted by Crippen LogP contribution is 2.67. The first-order valence-electron chi connectivity index (χ1n) is 13.6. The first-order chi connectivity index (χ1) is 14.8. The van der Waals surface area contributed by atoms with Crippen LogP contribution in [0.5, 0.6) is 0 Å². The maximum atomic E-state index is 14.8. The molecule has 4 fully saturated rings. The average molecular weight is 435 g/mol. The molecule has 4 aliphatic carbocycles. The lowest BCUT2D eigenvalue weighted by Crippen LogP contribution is -2.56. The predicted molar refractivity (Wildman–Crippen MR) is 132 cm³/mol. The molecule has 4 saturated carbocycles. The second-order valence-electron chi connectivity index (χ2n) is 11.1. The third-order valence-electron chi connectivity index (χ3n) is 9.87. The van der Waals surface area contributed by atoms with Crippen molar-refractivity contribution >= 4 is 5.78 Å². The molecule has 0 saturated heterocycles. The molecule has 0 aromatic carbocycles. The Morgan fingerprint density at radius 1 is 0.935 bits per heavy atom. The minimum Gasteiger partial charge on any atom is -0.296 e. The predicted octanol–water partition coefficient (Wildman–Crippen LogP) is 8.96. The van der Waals surface area contributed by atoms with Crippen LogP contribution in [0, 0.1) is 40.4 Å². The van der Waals surface area contributed by atoms with Gasteiger partial charge in [-0.3, -0.25) is 4.79 Å². The van der Waals surface area contributed by atoms with Crippen molar-refractivity contribution in [3.63, 3.8) is 0 Å². The number of allylic oxidation sites excluding steroid dienone is 1. The Morgan fingerprint density at radius 3 is 2.19 bits per heavy atom. The number of alkyl halides is 1. The van der Waals surface area contributed by atoms with Gasteiger partial charge in [0.2, 0.25) is 0 Å². The minimum absolute atomic E-state index is 0.00266. The highest BCUT2D eigenvalue weighted by Gasteiger charge is 2.61. The van der Waals surface area contributed by atoms with Crippen LogP contribution in [-0.2, 0) is 4.79 Å². The molecule has 0 spiro atoms. The molecule has 0 amide bonds. The van der Waals surface area contributed by atoms with Crippen molar-refractivity contribution in [2.24, 2.45) is 40.4 Å². The van der Waals surface area contributed by atoms with Crippen LogP contribution in [-0.4, -0.2) is 12.0 Å². The molecular formula is C29H51FO. The smallest absolute Gasteiger partial charge is 0.167 e. The summed E-state index contributed by atoms with van der Waals surface area (Å²) in [4.78, 5) is 12.0. The zero-order chi connectivity index (χ0) is 23.4. The van der Waals surface area contributed by atoms with E-state index in [4.69, 9.17) is 0 Å². The summed E-state index contributed by atoms with van der Waals surface area (Å²) in [6.07, 6.45) is 11.5. The fourth-order valence-electron chi connectivity index (χ4n) is 8.32. The molecular weight excluding hydrogens is 383 g/mol. The van der Waals surface area contributed by atoms with Crippen molar-refractivity contribution in [1.82, 2.24) is 0 Å². The molecule has 1 nitrogen and oxygen atoms in total. The van der Waals surface area contributed by atoms with Gasteiger partial charge in [0.05, 0.1) is 0 Å². The molecule has 4 aliphatic rings. The number of ketones is 1. The lowest BCUT2D eigenvalue weighted by Gasteiger charge is -2.60. The van der Waals surface area contributed by atoms with Crippen molar-refractivity contribution in [3.8, 4) is 0 Å². The summed E-state index contributed by atoms with van der Waals surface area (Å²) in [6, 6.07) is 0. The summed E-state index contributed by atoms with van der Waals surface area (Å²) in [5.41, 5.74) is 1.88. The average Bonchev–Trinajstić information content (AvgIpc) is 3.10. The standard InChI is InChI=1S/C25H39FO.2C2H6/c1-16(2)6-5-7-17-8-10-19-18-9-11-21-23(26)22(27)13-15-25(21,4)20(18)12-14-24(17,19)3;2*1-2/h17-21,23H,1,5-15H2,2-4H3;2*1-2H3. The number of carbonyl (C=O) groups is 1. The number of fused-ring (bicyclic) bond motifs is 5. The molecule has 31 heavy (non-hydrogen) atoms. The van der Waals surface area contributed by atoms with Gasteiger partial charge in [0.25, 0.3) is 0 Å². The molecule has 0 bridgehead atoms. The van der Waals surface area contributed by atoms with E-state index in [2.05, 4.69) is 27.4 Å². The van der Waals surface area contributed by atoms with E-state index in [0.29, 0.717) is 17.8 Å². The topological polar surface area (TPSA) is 17.1 Å². The molecule has 8 unspecified atom stereocenters. The lowest BCUT2D eigenvalue weighted by molar-refractivity contribution is -0.153. The van der Waals surface area contributed by atoms with Gasteiger partial charge in [-0.2, -0.15) is 0 Å². The Morgan fingerprint density at radius 2 is 1.55 bits per heavy atom. The van der Waals surface area contributed by atoms with Crippen LogP contribution >= 0.6 is 0 Å². The normalized spacial score (nSPS) is 43.3. The zero-order valence-electron chi connectivity index (χ0n) is 21.7. The van der Waals surface area contributed by atoms with Gasteiger partial charge in [-0.25, -0.2) is 4.39 Å². The Labute approximate surface area is 193 Å². The maximum Gasteiger partial charge on any atom is 0.167 e. The highest BCUT2D eigenvalue weighted by atomic mass is 19.1. The van der Waals surface area contributed by atoms with Crippen molar-refractivity contribution in [3.05, 3.63) is 12.2 Å². The molecule has 2 heteroatoms. The van der Waals surface area contributed by atoms with Crippen LogP contribution in [0.2, 0.25) is 0 Å². The first kappa shape index (κ1) is 26.6. The van der Waals surface area contributed by atoms with Gasteiger partial charge in [-0.1, -0.05) is 47.1 Å². The molecule has 0 radical (unpaired) electrons. The number of rotatable bonds is 4.